The fourth-order valence-corrected chi connectivity index (χ4v) is 0.499. The van der Waals surface area contributed by atoms with Gasteiger partial charge in [0, 0.05) is 0 Å². The van der Waals surface area contributed by atoms with Crippen molar-refractivity contribution in [3.63, 3.8) is 0 Å². The second-order valence-electron chi connectivity index (χ2n) is 1.74. The molecule has 10 heavy (non-hydrogen) atoms. The minimum atomic E-state index is -0.730. The van der Waals surface area contributed by atoms with Gasteiger partial charge in [0.2, 0.25) is 0 Å². The molecule has 1 heterocycles. The Bertz CT molecular complexity index is 121. The predicted octanol–water partition coefficient (Wildman–Crippen LogP) is -0.866. The molecule has 0 aliphatic carbocycles. The lowest BCUT2D eigenvalue weighted by atomic mass is 10.1. The van der Waals surface area contributed by atoms with Crippen molar-refractivity contribution in [1.82, 2.24) is 5.32 Å². The van der Waals surface area contributed by atoms with Gasteiger partial charge in [-0.15, -0.1) is 0 Å². The van der Waals surface area contributed by atoms with Gasteiger partial charge in [-0.25, -0.2) is 0 Å². The molecule has 1 atom stereocenters. The molecule has 0 spiro atoms. The normalized spacial score (nSPS) is 21.4. The molecule has 0 aromatic heterocycles. The van der Waals surface area contributed by atoms with Crippen LogP contribution in [0.1, 0.15) is 6.42 Å². The molecule has 58 valence electrons. The molecule has 3 N–H and O–H groups in total. The Balaban J connectivity index is 0.000000236. The van der Waals surface area contributed by atoms with E-state index in [1.807, 2.05) is 0 Å². The van der Waals surface area contributed by atoms with Crippen LogP contribution in [0.2, 0.25) is 0 Å². The van der Waals surface area contributed by atoms with Crippen molar-refractivity contribution in [3.05, 3.63) is 0 Å². The van der Waals surface area contributed by atoms with Gasteiger partial charge in [0.05, 0.1) is 0 Å². The quantitative estimate of drug-likeness (QED) is 0.420. The molecule has 5 heteroatoms. The van der Waals surface area contributed by atoms with E-state index in [4.69, 9.17) is 15.0 Å². The number of rotatable bonds is 1. The number of hydrogen-bond acceptors (Lipinski definition) is 3. The summed E-state index contributed by atoms with van der Waals surface area (Å²) in [6.45, 7) is 0.608. The average Bonchev–Trinajstić information content (AvgIpc) is 1.59. The van der Waals surface area contributed by atoms with Gasteiger partial charge < -0.3 is 15.5 Å². The highest BCUT2D eigenvalue weighted by molar-refractivity contribution is 5.74. The Morgan fingerprint density at radius 1 is 1.70 bits per heavy atom. The number of carbonyl (C=O) groups is 2. The zero-order chi connectivity index (χ0) is 7.98. The van der Waals surface area contributed by atoms with Crippen LogP contribution in [0.25, 0.3) is 0 Å². The second kappa shape index (κ2) is 4.75. The van der Waals surface area contributed by atoms with E-state index in [-0.39, 0.29) is 12.5 Å². The van der Waals surface area contributed by atoms with E-state index < -0.39 is 5.97 Å². The number of aliphatic carboxylic acids is 1. The van der Waals surface area contributed by atoms with Crippen LogP contribution >= 0.6 is 0 Å². The third-order valence-electron chi connectivity index (χ3n) is 1.12. The van der Waals surface area contributed by atoms with Crippen LogP contribution in [0.3, 0.4) is 0 Å². The minimum absolute atomic E-state index is 0.250. The van der Waals surface area contributed by atoms with E-state index in [1.165, 1.54) is 0 Å². The van der Waals surface area contributed by atoms with Crippen LogP contribution in [0.5, 0.6) is 0 Å². The lowest BCUT2D eigenvalue weighted by molar-refractivity contribution is -0.141. The van der Waals surface area contributed by atoms with Crippen LogP contribution in [0.15, 0.2) is 0 Å². The molecule has 1 unspecified atom stereocenters. The summed E-state index contributed by atoms with van der Waals surface area (Å²) in [5, 5.41) is 17.8. The Hall–Kier alpha value is -1.10. The van der Waals surface area contributed by atoms with Gasteiger partial charge >= 0.3 is 5.97 Å². The summed E-state index contributed by atoms with van der Waals surface area (Å²) >= 11 is 0. The first-order valence-corrected chi connectivity index (χ1v) is 2.76. The van der Waals surface area contributed by atoms with Crippen molar-refractivity contribution in [3.8, 4) is 0 Å². The standard InChI is InChI=1S/C4H7NO2.CH2O2/c6-4(7)3-1-2-5-3;2-1-3/h3,5H,1-2H2,(H,6,7);1H,(H,2,3). The average molecular weight is 147 g/mol. The highest BCUT2D eigenvalue weighted by Gasteiger charge is 2.22. The van der Waals surface area contributed by atoms with Crippen molar-refractivity contribution < 1.29 is 19.8 Å². The van der Waals surface area contributed by atoms with E-state index in [2.05, 4.69) is 5.32 Å². The number of hydrogen-bond donors (Lipinski definition) is 3. The molecular weight excluding hydrogens is 138 g/mol. The van der Waals surface area contributed by atoms with Crippen LogP contribution in [0.4, 0.5) is 0 Å². The number of nitrogens with one attached hydrogen (secondary N) is 1. The first-order valence-electron chi connectivity index (χ1n) is 2.76. The topological polar surface area (TPSA) is 86.6 Å². The maximum absolute atomic E-state index is 9.92. The van der Waals surface area contributed by atoms with Gasteiger partial charge in [0.25, 0.3) is 6.47 Å². The summed E-state index contributed by atoms with van der Waals surface area (Å²) in [5.41, 5.74) is 0. The Kier molecular flexibility index (Phi) is 4.23. The highest BCUT2D eigenvalue weighted by Crippen LogP contribution is 1.99. The van der Waals surface area contributed by atoms with E-state index in [0.29, 0.717) is 0 Å². The lowest BCUT2D eigenvalue weighted by Gasteiger charge is -2.22. The zero-order valence-electron chi connectivity index (χ0n) is 5.28. The van der Waals surface area contributed by atoms with Gasteiger partial charge in [-0.05, 0) is 13.0 Å². The summed E-state index contributed by atoms with van der Waals surface area (Å²) in [6.07, 6.45) is 0.787. The summed E-state index contributed by atoms with van der Waals surface area (Å²) in [6, 6.07) is -0.250. The third-order valence-corrected chi connectivity index (χ3v) is 1.12. The first-order chi connectivity index (χ1) is 4.72. The highest BCUT2D eigenvalue weighted by atomic mass is 16.4. The van der Waals surface area contributed by atoms with Gasteiger partial charge in [-0.2, -0.15) is 0 Å². The molecule has 0 aromatic rings. The molecule has 0 bridgehead atoms. The number of carboxylic acids is 1. The van der Waals surface area contributed by atoms with E-state index in [1.54, 1.807) is 0 Å². The Morgan fingerprint density at radius 3 is 2.10 bits per heavy atom. The van der Waals surface area contributed by atoms with Crippen LogP contribution in [-0.4, -0.2) is 35.2 Å². The molecule has 1 aliphatic heterocycles. The number of carboxylic acid groups (broad SMARTS) is 2. The molecule has 1 aliphatic rings. The fourth-order valence-electron chi connectivity index (χ4n) is 0.499. The molecule has 1 rings (SSSR count). The zero-order valence-corrected chi connectivity index (χ0v) is 5.28. The summed E-state index contributed by atoms with van der Waals surface area (Å²) < 4.78 is 0. The second-order valence-corrected chi connectivity index (χ2v) is 1.74. The van der Waals surface area contributed by atoms with Crippen molar-refractivity contribution in [2.75, 3.05) is 6.54 Å². The van der Waals surface area contributed by atoms with E-state index in [0.717, 1.165) is 13.0 Å². The third kappa shape index (κ3) is 3.03. The fraction of sp³-hybridized carbons (Fsp3) is 0.600. The maximum Gasteiger partial charge on any atom is 0.320 e. The van der Waals surface area contributed by atoms with E-state index >= 15 is 0 Å². The van der Waals surface area contributed by atoms with Crippen molar-refractivity contribution in [2.24, 2.45) is 0 Å². The Morgan fingerprint density at radius 2 is 2.10 bits per heavy atom. The SMILES string of the molecule is O=C(O)C1CCN1.O=CO. The van der Waals surface area contributed by atoms with Gasteiger partial charge in [-0.1, -0.05) is 0 Å². The summed E-state index contributed by atoms with van der Waals surface area (Å²) in [5.74, 6) is -0.730. The van der Waals surface area contributed by atoms with Crippen LogP contribution in [0, 0.1) is 0 Å². The molecule has 5 nitrogen and oxygen atoms in total. The van der Waals surface area contributed by atoms with E-state index in [9.17, 15) is 4.79 Å². The van der Waals surface area contributed by atoms with Crippen molar-refractivity contribution in [1.29, 1.82) is 0 Å². The molecule has 0 saturated carbocycles. The maximum atomic E-state index is 9.92. The molecule has 0 radical (unpaired) electrons. The predicted molar refractivity (Wildman–Crippen MR) is 32.7 cm³/mol. The van der Waals surface area contributed by atoms with Gasteiger partial charge in [0.1, 0.15) is 6.04 Å². The molecule has 1 fully saturated rings. The van der Waals surface area contributed by atoms with Crippen molar-refractivity contribution >= 4 is 12.4 Å². The smallest absolute Gasteiger partial charge is 0.320 e. The molecular formula is C5H9NO4. The first kappa shape index (κ1) is 8.90. The van der Waals surface area contributed by atoms with Gasteiger partial charge in [0.15, 0.2) is 0 Å². The van der Waals surface area contributed by atoms with Crippen molar-refractivity contribution in [2.45, 2.75) is 12.5 Å². The Labute approximate surface area is 57.7 Å². The van der Waals surface area contributed by atoms with Gasteiger partial charge in [-0.3, -0.25) is 9.59 Å². The molecule has 0 aromatic carbocycles. The van der Waals surface area contributed by atoms with Crippen LogP contribution < -0.4 is 5.32 Å². The van der Waals surface area contributed by atoms with Crippen LogP contribution in [-0.2, 0) is 9.59 Å². The summed E-state index contributed by atoms with van der Waals surface area (Å²) in [7, 11) is 0. The lowest BCUT2D eigenvalue weighted by Crippen LogP contribution is -2.48. The largest absolute Gasteiger partial charge is 0.483 e. The molecule has 0 amide bonds. The molecule has 1 saturated heterocycles. The monoisotopic (exact) mass is 147 g/mol. The summed E-state index contributed by atoms with van der Waals surface area (Å²) in [4.78, 5) is 18.3. The minimum Gasteiger partial charge on any atom is -0.483 e.